The molecule has 2 rings (SSSR count). The number of carboxylic acid groups (broad SMARTS) is 1. The summed E-state index contributed by atoms with van der Waals surface area (Å²) in [6.07, 6.45) is 0. The topological polar surface area (TPSA) is 136 Å². The summed E-state index contributed by atoms with van der Waals surface area (Å²) in [5.74, 6) is -1.60. The van der Waals surface area contributed by atoms with E-state index in [-0.39, 0.29) is 5.82 Å². The van der Waals surface area contributed by atoms with E-state index in [9.17, 15) is 20.1 Å². The van der Waals surface area contributed by atoms with E-state index < -0.39 is 37.2 Å². The van der Waals surface area contributed by atoms with E-state index in [1.54, 1.807) is 24.3 Å². The third-order valence-corrected chi connectivity index (χ3v) is 3.09. The van der Waals surface area contributed by atoms with Gasteiger partial charge >= 0.3 is 5.97 Å². The highest BCUT2D eigenvalue weighted by atomic mass is 16.4. The Bertz CT molecular complexity index is 649. The van der Waals surface area contributed by atoms with Gasteiger partial charge in [0.2, 0.25) is 5.82 Å². The number of anilines is 1. The van der Waals surface area contributed by atoms with Crippen LogP contribution < -0.4 is 5.32 Å². The van der Waals surface area contributed by atoms with E-state index in [1.165, 1.54) is 0 Å². The molecule has 0 amide bonds. The van der Waals surface area contributed by atoms with Crippen molar-refractivity contribution < 1.29 is 25.2 Å². The molecule has 0 atom stereocenters. The molecule has 0 bridgehead atoms. The van der Waals surface area contributed by atoms with Crippen molar-refractivity contribution in [1.29, 1.82) is 0 Å². The molecule has 2 aromatic rings. The number of carbonyl (C=O) groups is 1. The van der Waals surface area contributed by atoms with Crippen molar-refractivity contribution in [3.63, 3.8) is 0 Å². The second-order valence-electron chi connectivity index (χ2n) is 4.60. The van der Waals surface area contributed by atoms with Crippen LogP contribution in [0.1, 0.15) is 10.6 Å². The van der Waals surface area contributed by atoms with Gasteiger partial charge in [-0.3, -0.25) is 0 Å². The largest absolute Gasteiger partial charge is 0.475 e. The van der Waals surface area contributed by atoms with Gasteiger partial charge in [-0.2, -0.15) is 0 Å². The Balaban J connectivity index is 2.58. The number of hydrogen-bond acceptors (Lipinski definition) is 7. The Hall–Kier alpha value is -2.29. The van der Waals surface area contributed by atoms with Crippen molar-refractivity contribution in [3.05, 3.63) is 30.1 Å². The fraction of sp³-hybridized carbons (Fsp3) is 0.308. The van der Waals surface area contributed by atoms with Gasteiger partial charge in [0.1, 0.15) is 11.4 Å². The third-order valence-electron chi connectivity index (χ3n) is 3.09. The summed E-state index contributed by atoms with van der Waals surface area (Å²) in [5, 5.41) is 40.3. The molecule has 1 heterocycles. The van der Waals surface area contributed by atoms with Crippen LogP contribution in [0, 0.1) is 0 Å². The molecule has 5 N–H and O–H groups in total. The van der Waals surface area contributed by atoms with Crippen molar-refractivity contribution in [2.24, 2.45) is 0 Å². The number of nitrogens with one attached hydrogen (secondary N) is 1. The minimum atomic E-state index is -1.41. The Kier molecular flexibility index (Phi) is 4.32. The minimum absolute atomic E-state index is 0.121. The molecule has 0 aliphatic carbocycles. The molecular formula is C13H15N3O5. The lowest BCUT2D eigenvalue weighted by Crippen LogP contribution is -2.49. The second kappa shape index (κ2) is 6.00. The van der Waals surface area contributed by atoms with Gasteiger partial charge in [-0.15, -0.1) is 0 Å². The van der Waals surface area contributed by atoms with Crippen molar-refractivity contribution >= 4 is 22.7 Å². The predicted molar refractivity (Wildman–Crippen MR) is 74.1 cm³/mol. The zero-order valence-electron chi connectivity index (χ0n) is 11.0. The number of fused-ring (bicyclic) bond motifs is 1. The molecule has 0 radical (unpaired) electrons. The number of aromatic carboxylic acids is 1. The Labute approximate surface area is 119 Å². The number of hydrogen-bond donors (Lipinski definition) is 5. The Morgan fingerprint density at radius 1 is 1.10 bits per heavy atom. The highest BCUT2D eigenvalue weighted by Crippen LogP contribution is 2.23. The SMILES string of the molecule is O=C(O)c1nc(NC(CO)(CO)CO)c2ccccc2n1. The van der Waals surface area contributed by atoms with Gasteiger partial charge in [0, 0.05) is 5.39 Å². The lowest BCUT2D eigenvalue weighted by Gasteiger charge is -2.29. The molecule has 8 heteroatoms. The summed E-state index contributed by atoms with van der Waals surface area (Å²) in [7, 11) is 0. The Morgan fingerprint density at radius 3 is 2.29 bits per heavy atom. The van der Waals surface area contributed by atoms with Gasteiger partial charge in [-0.05, 0) is 12.1 Å². The molecule has 0 spiro atoms. The van der Waals surface area contributed by atoms with Crippen LogP contribution in [0.25, 0.3) is 10.9 Å². The first-order valence-electron chi connectivity index (χ1n) is 6.16. The molecule has 0 aliphatic rings. The first kappa shape index (κ1) is 15.1. The van der Waals surface area contributed by atoms with Crippen LogP contribution in [-0.2, 0) is 0 Å². The monoisotopic (exact) mass is 293 g/mol. The van der Waals surface area contributed by atoms with Crippen molar-refractivity contribution in [3.8, 4) is 0 Å². The maximum Gasteiger partial charge on any atom is 0.374 e. The van der Waals surface area contributed by atoms with Gasteiger partial charge in [0.05, 0.1) is 25.3 Å². The highest BCUT2D eigenvalue weighted by Gasteiger charge is 2.29. The molecule has 0 saturated heterocycles. The summed E-state index contributed by atoms with van der Waals surface area (Å²) in [5.41, 5.74) is -1.01. The van der Waals surface area contributed by atoms with Gasteiger partial charge in [0.25, 0.3) is 0 Å². The van der Waals surface area contributed by atoms with Crippen LogP contribution in [0.5, 0.6) is 0 Å². The minimum Gasteiger partial charge on any atom is -0.475 e. The van der Waals surface area contributed by atoms with Crippen LogP contribution in [0.15, 0.2) is 24.3 Å². The number of para-hydroxylation sites is 1. The molecule has 0 unspecified atom stereocenters. The summed E-state index contributed by atoms with van der Waals surface area (Å²) in [6, 6.07) is 6.70. The van der Waals surface area contributed by atoms with Crippen LogP contribution in [0.4, 0.5) is 5.82 Å². The van der Waals surface area contributed by atoms with E-state index in [0.29, 0.717) is 10.9 Å². The summed E-state index contributed by atoms with van der Waals surface area (Å²) >= 11 is 0. The predicted octanol–water partition coefficient (Wildman–Crippen LogP) is -0.544. The van der Waals surface area contributed by atoms with Gasteiger partial charge in [-0.25, -0.2) is 14.8 Å². The smallest absolute Gasteiger partial charge is 0.374 e. The number of aliphatic hydroxyl groups excluding tert-OH is 3. The normalized spacial score (nSPS) is 11.6. The van der Waals surface area contributed by atoms with Crippen LogP contribution >= 0.6 is 0 Å². The van der Waals surface area contributed by atoms with Gasteiger partial charge < -0.3 is 25.7 Å². The Morgan fingerprint density at radius 2 is 1.71 bits per heavy atom. The van der Waals surface area contributed by atoms with Crippen molar-refractivity contribution in [2.45, 2.75) is 5.54 Å². The number of benzene rings is 1. The van der Waals surface area contributed by atoms with Gasteiger partial charge in [0.15, 0.2) is 0 Å². The van der Waals surface area contributed by atoms with Crippen molar-refractivity contribution in [1.82, 2.24) is 9.97 Å². The summed E-state index contributed by atoms with van der Waals surface area (Å²) < 4.78 is 0. The number of rotatable bonds is 6. The molecule has 1 aromatic heterocycles. The molecule has 1 aromatic carbocycles. The summed E-state index contributed by atoms with van der Waals surface area (Å²) in [4.78, 5) is 18.8. The number of aliphatic hydroxyl groups is 3. The lowest BCUT2D eigenvalue weighted by molar-refractivity contribution is 0.0684. The zero-order chi connectivity index (χ0) is 15.5. The quantitative estimate of drug-likeness (QED) is 0.479. The fourth-order valence-electron chi connectivity index (χ4n) is 1.79. The van der Waals surface area contributed by atoms with Crippen LogP contribution in [0.2, 0.25) is 0 Å². The molecule has 112 valence electrons. The van der Waals surface area contributed by atoms with E-state index in [2.05, 4.69) is 15.3 Å². The first-order chi connectivity index (χ1) is 10.0. The first-order valence-corrected chi connectivity index (χ1v) is 6.16. The number of carboxylic acids is 1. The fourth-order valence-corrected chi connectivity index (χ4v) is 1.79. The number of aromatic nitrogens is 2. The molecule has 0 aliphatic heterocycles. The molecule has 8 nitrogen and oxygen atoms in total. The van der Waals surface area contributed by atoms with Crippen LogP contribution in [0.3, 0.4) is 0 Å². The average molecular weight is 293 g/mol. The molecule has 0 fully saturated rings. The second-order valence-corrected chi connectivity index (χ2v) is 4.60. The van der Waals surface area contributed by atoms with E-state index in [4.69, 9.17) is 5.11 Å². The molecule has 0 saturated carbocycles. The van der Waals surface area contributed by atoms with E-state index in [1.807, 2.05) is 0 Å². The maximum absolute atomic E-state index is 11.1. The van der Waals surface area contributed by atoms with E-state index >= 15 is 0 Å². The zero-order valence-corrected chi connectivity index (χ0v) is 11.0. The number of nitrogens with zero attached hydrogens (tertiary/aromatic N) is 2. The lowest BCUT2D eigenvalue weighted by atomic mass is 10.0. The maximum atomic E-state index is 11.1. The van der Waals surface area contributed by atoms with Gasteiger partial charge in [-0.1, -0.05) is 12.1 Å². The summed E-state index contributed by atoms with van der Waals surface area (Å²) in [6.45, 7) is -1.66. The standard InChI is InChI=1S/C13H15N3O5/c17-5-13(6-18,7-19)16-10-8-3-1-2-4-9(8)14-11(15-10)12(20)21/h1-4,17-19H,5-7H2,(H,20,21)(H,14,15,16). The average Bonchev–Trinajstić information content (AvgIpc) is 2.52. The molecule has 21 heavy (non-hydrogen) atoms. The van der Waals surface area contributed by atoms with E-state index in [0.717, 1.165) is 0 Å². The highest BCUT2D eigenvalue weighted by molar-refractivity contribution is 5.93. The van der Waals surface area contributed by atoms with Crippen molar-refractivity contribution in [2.75, 3.05) is 25.1 Å². The third kappa shape index (κ3) is 2.92. The molecular weight excluding hydrogens is 278 g/mol. The van der Waals surface area contributed by atoms with Crippen LogP contribution in [-0.4, -0.2) is 61.7 Å².